The minimum absolute atomic E-state index is 0.0208. The second-order valence-electron chi connectivity index (χ2n) is 5.28. The van der Waals surface area contributed by atoms with E-state index in [1.54, 1.807) is 7.11 Å². The van der Waals surface area contributed by atoms with Gasteiger partial charge in [0.2, 0.25) is 5.91 Å². The topological polar surface area (TPSA) is 73.6 Å². The van der Waals surface area contributed by atoms with Crippen molar-refractivity contribution in [1.29, 1.82) is 0 Å². The fraction of sp³-hybridized carbons (Fsp3) is 0.929. The van der Waals surface area contributed by atoms with Gasteiger partial charge in [-0.15, -0.1) is 0 Å². The molecule has 3 N–H and O–H groups in total. The number of nitrogens with one attached hydrogen (secondary N) is 1. The van der Waals surface area contributed by atoms with Crippen LogP contribution in [0.2, 0.25) is 0 Å². The molecule has 0 aromatic carbocycles. The summed E-state index contributed by atoms with van der Waals surface area (Å²) in [6.45, 7) is 2.67. The molecule has 0 unspecified atom stereocenters. The van der Waals surface area contributed by atoms with E-state index in [0.717, 1.165) is 38.5 Å². The summed E-state index contributed by atoms with van der Waals surface area (Å²) in [6.07, 6.45) is 6.84. The van der Waals surface area contributed by atoms with Crippen LogP contribution in [0.3, 0.4) is 0 Å². The molecule has 0 aliphatic heterocycles. The Morgan fingerprint density at radius 1 is 1.16 bits per heavy atom. The van der Waals surface area contributed by atoms with Crippen molar-refractivity contribution in [3.05, 3.63) is 0 Å². The minimum atomic E-state index is -0.618. The number of methoxy groups -OCH3 is 1. The van der Waals surface area contributed by atoms with E-state index in [1.165, 1.54) is 6.42 Å². The first-order valence-electron chi connectivity index (χ1n) is 7.33. The lowest BCUT2D eigenvalue weighted by molar-refractivity contribution is -0.127. The van der Waals surface area contributed by atoms with E-state index in [4.69, 9.17) is 15.2 Å². The summed E-state index contributed by atoms with van der Waals surface area (Å²) in [5, 5.41) is 2.95. The highest BCUT2D eigenvalue weighted by Crippen LogP contribution is 2.25. The number of carbonyl (C=O) groups excluding carboxylic acids is 1. The fourth-order valence-electron chi connectivity index (χ4n) is 2.36. The van der Waals surface area contributed by atoms with Gasteiger partial charge in [0.1, 0.15) is 0 Å². The molecule has 1 amide bonds. The van der Waals surface area contributed by atoms with Crippen LogP contribution in [0.5, 0.6) is 0 Å². The van der Waals surface area contributed by atoms with Crippen molar-refractivity contribution in [2.75, 3.05) is 33.5 Å². The lowest BCUT2D eigenvalue weighted by Gasteiger charge is -2.31. The van der Waals surface area contributed by atoms with Crippen LogP contribution in [0.1, 0.15) is 44.9 Å². The van der Waals surface area contributed by atoms with E-state index in [2.05, 4.69) is 5.32 Å². The molecule has 5 heteroatoms. The van der Waals surface area contributed by atoms with E-state index in [-0.39, 0.29) is 5.91 Å². The predicted molar refractivity (Wildman–Crippen MR) is 74.9 cm³/mol. The van der Waals surface area contributed by atoms with Gasteiger partial charge in [-0.3, -0.25) is 4.79 Å². The Bertz CT molecular complexity index is 253. The van der Waals surface area contributed by atoms with Gasteiger partial charge in [0.15, 0.2) is 0 Å². The largest absolute Gasteiger partial charge is 0.382 e. The lowest BCUT2D eigenvalue weighted by atomic mass is 9.82. The molecular formula is C14H28N2O3. The van der Waals surface area contributed by atoms with Gasteiger partial charge in [-0.25, -0.2) is 0 Å². The minimum Gasteiger partial charge on any atom is -0.382 e. The summed E-state index contributed by atoms with van der Waals surface area (Å²) in [6, 6.07) is 0. The SMILES string of the molecule is COCCOCCCCNC(=O)C1(N)CCCCC1. The van der Waals surface area contributed by atoms with Crippen molar-refractivity contribution in [2.24, 2.45) is 5.73 Å². The Morgan fingerprint density at radius 3 is 2.58 bits per heavy atom. The van der Waals surface area contributed by atoms with E-state index in [1.807, 2.05) is 0 Å². The zero-order valence-electron chi connectivity index (χ0n) is 12.1. The molecule has 112 valence electrons. The zero-order valence-corrected chi connectivity index (χ0v) is 12.1. The van der Waals surface area contributed by atoms with Crippen LogP contribution in [-0.4, -0.2) is 44.9 Å². The summed E-state index contributed by atoms with van der Waals surface area (Å²) in [5.74, 6) is 0.0208. The molecule has 0 heterocycles. The van der Waals surface area contributed by atoms with Crippen LogP contribution in [0.15, 0.2) is 0 Å². The standard InChI is InChI=1S/C14H28N2O3/c1-18-11-12-19-10-6-5-9-16-13(17)14(15)7-3-2-4-8-14/h2-12,15H2,1H3,(H,16,17). The van der Waals surface area contributed by atoms with Gasteiger partial charge in [-0.2, -0.15) is 0 Å². The molecule has 1 rings (SSSR count). The second-order valence-corrected chi connectivity index (χ2v) is 5.28. The van der Waals surface area contributed by atoms with Crippen LogP contribution < -0.4 is 11.1 Å². The first kappa shape index (κ1) is 16.4. The van der Waals surface area contributed by atoms with E-state index in [0.29, 0.717) is 26.4 Å². The molecule has 1 saturated carbocycles. The average Bonchev–Trinajstić information content (AvgIpc) is 2.42. The number of rotatable bonds is 9. The van der Waals surface area contributed by atoms with Gasteiger partial charge >= 0.3 is 0 Å². The molecule has 1 aliphatic carbocycles. The fourth-order valence-corrected chi connectivity index (χ4v) is 2.36. The highest BCUT2D eigenvalue weighted by Gasteiger charge is 2.34. The maximum absolute atomic E-state index is 12.0. The van der Waals surface area contributed by atoms with E-state index in [9.17, 15) is 4.79 Å². The van der Waals surface area contributed by atoms with Gasteiger partial charge in [-0.1, -0.05) is 19.3 Å². The molecule has 5 nitrogen and oxygen atoms in total. The summed E-state index contributed by atoms with van der Waals surface area (Å²) >= 11 is 0. The van der Waals surface area contributed by atoms with Gasteiger partial charge < -0.3 is 20.5 Å². The summed E-state index contributed by atoms with van der Waals surface area (Å²) in [4.78, 5) is 12.0. The number of ether oxygens (including phenoxy) is 2. The summed E-state index contributed by atoms with van der Waals surface area (Å²) in [5.41, 5.74) is 5.53. The third-order valence-corrected chi connectivity index (χ3v) is 3.63. The molecular weight excluding hydrogens is 244 g/mol. The van der Waals surface area contributed by atoms with Crippen molar-refractivity contribution in [1.82, 2.24) is 5.32 Å². The second kappa shape index (κ2) is 9.28. The van der Waals surface area contributed by atoms with E-state index >= 15 is 0 Å². The van der Waals surface area contributed by atoms with Crippen LogP contribution in [0.4, 0.5) is 0 Å². The van der Waals surface area contributed by atoms with E-state index < -0.39 is 5.54 Å². The van der Waals surface area contributed by atoms with Gasteiger partial charge in [-0.05, 0) is 25.7 Å². The number of hydrogen-bond acceptors (Lipinski definition) is 4. The first-order chi connectivity index (χ1) is 9.19. The number of hydrogen-bond donors (Lipinski definition) is 2. The number of unbranched alkanes of at least 4 members (excludes halogenated alkanes) is 1. The molecule has 0 aromatic heterocycles. The van der Waals surface area contributed by atoms with Gasteiger partial charge in [0.25, 0.3) is 0 Å². The highest BCUT2D eigenvalue weighted by atomic mass is 16.5. The molecule has 0 aromatic rings. The normalized spacial score (nSPS) is 18.2. The Balaban J connectivity index is 2.01. The van der Waals surface area contributed by atoms with Crippen molar-refractivity contribution in [3.63, 3.8) is 0 Å². The Hall–Kier alpha value is -0.650. The quantitative estimate of drug-likeness (QED) is 0.619. The molecule has 1 aliphatic rings. The highest BCUT2D eigenvalue weighted by molar-refractivity contribution is 5.86. The number of amides is 1. The van der Waals surface area contributed by atoms with Gasteiger partial charge in [0, 0.05) is 20.3 Å². The maximum atomic E-state index is 12.0. The molecule has 19 heavy (non-hydrogen) atoms. The molecule has 0 bridgehead atoms. The van der Waals surface area contributed by atoms with Crippen molar-refractivity contribution < 1.29 is 14.3 Å². The third kappa shape index (κ3) is 6.36. The zero-order chi connectivity index (χ0) is 14.0. The Labute approximate surface area is 116 Å². The Kier molecular flexibility index (Phi) is 8.02. The predicted octanol–water partition coefficient (Wildman–Crippen LogP) is 1.21. The molecule has 0 spiro atoms. The molecule has 0 radical (unpaired) electrons. The lowest BCUT2D eigenvalue weighted by Crippen LogP contribution is -2.55. The average molecular weight is 272 g/mol. The van der Waals surface area contributed by atoms with Crippen molar-refractivity contribution >= 4 is 5.91 Å². The van der Waals surface area contributed by atoms with Crippen LogP contribution in [-0.2, 0) is 14.3 Å². The third-order valence-electron chi connectivity index (χ3n) is 3.63. The smallest absolute Gasteiger partial charge is 0.240 e. The monoisotopic (exact) mass is 272 g/mol. The summed E-state index contributed by atoms with van der Waals surface area (Å²) in [7, 11) is 1.66. The molecule has 0 saturated heterocycles. The number of nitrogens with two attached hydrogens (primary N) is 1. The molecule has 1 fully saturated rings. The van der Waals surface area contributed by atoms with Crippen LogP contribution in [0, 0.1) is 0 Å². The van der Waals surface area contributed by atoms with Crippen molar-refractivity contribution in [2.45, 2.75) is 50.5 Å². The first-order valence-corrected chi connectivity index (χ1v) is 7.33. The van der Waals surface area contributed by atoms with Crippen LogP contribution >= 0.6 is 0 Å². The number of carbonyl (C=O) groups is 1. The summed E-state index contributed by atoms with van der Waals surface area (Å²) < 4.78 is 10.2. The maximum Gasteiger partial charge on any atom is 0.240 e. The van der Waals surface area contributed by atoms with Crippen molar-refractivity contribution in [3.8, 4) is 0 Å². The molecule has 0 atom stereocenters. The van der Waals surface area contributed by atoms with Crippen LogP contribution in [0.25, 0.3) is 0 Å². The Morgan fingerprint density at radius 2 is 1.89 bits per heavy atom. The van der Waals surface area contributed by atoms with Gasteiger partial charge in [0.05, 0.1) is 18.8 Å².